The first-order valence-corrected chi connectivity index (χ1v) is 4.40. The average molecular weight is 204 g/mol. The molecule has 1 fully saturated rings. The van der Waals surface area contributed by atoms with Gasteiger partial charge in [-0.1, -0.05) is 0 Å². The number of primary amides is 1. The Labute approximate surface area is 82.7 Å². The Morgan fingerprint density at radius 2 is 2.36 bits per heavy atom. The van der Waals surface area contributed by atoms with Gasteiger partial charge in [0.15, 0.2) is 0 Å². The van der Waals surface area contributed by atoms with E-state index in [0.29, 0.717) is 13.0 Å². The van der Waals surface area contributed by atoms with Crippen LogP contribution < -0.4 is 11.1 Å². The highest BCUT2D eigenvalue weighted by Crippen LogP contribution is 2.21. The van der Waals surface area contributed by atoms with Gasteiger partial charge in [0.2, 0.25) is 0 Å². The Morgan fingerprint density at radius 3 is 2.86 bits per heavy atom. The van der Waals surface area contributed by atoms with Crippen LogP contribution in [0.4, 0.5) is 4.79 Å². The summed E-state index contributed by atoms with van der Waals surface area (Å²) in [5.74, 6) is 0. The summed E-state index contributed by atoms with van der Waals surface area (Å²) < 4.78 is 15.6. The van der Waals surface area contributed by atoms with Crippen molar-refractivity contribution in [3.8, 4) is 0 Å². The van der Waals surface area contributed by atoms with Gasteiger partial charge in [-0.2, -0.15) is 0 Å². The molecule has 0 aliphatic carbocycles. The second-order valence-corrected chi connectivity index (χ2v) is 3.14. The summed E-state index contributed by atoms with van der Waals surface area (Å²) >= 11 is 0. The molecule has 0 aromatic heterocycles. The van der Waals surface area contributed by atoms with Crippen LogP contribution in [0.5, 0.6) is 0 Å². The van der Waals surface area contributed by atoms with Crippen molar-refractivity contribution in [1.82, 2.24) is 5.32 Å². The number of hydrogen-bond donors (Lipinski definition) is 2. The fourth-order valence-electron chi connectivity index (χ4n) is 1.53. The number of urea groups is 1. The number of carbonyl (C=O) groups excluding carboxylic acids is 1. The molecule has 0 radical (unpaired) electrons. The van der Waals surface area contributed by atoms with Crippen LogP contribution in [0.3, 0.4) is 0 Å². The van der Waals surface area contributed by atoms with Crippen molar-refractivity contribution < 1.29 is 19.0 Å². The first-order valence-electron chi connectivity index (χ1n) is 4.40. The Hall–Kier alpha value is -0.850. The van der Waals surface area contributed by atoms with E-state index < -0.39 is 6.03 Å². The summed E-state index contributed by atoms with van der Waals surface area (Å²) in [5.41, 5.74) is 4.98. The van der Waals surface area contributed by atoms with Crippen molar-refractivity contribution in [3.05, 3.63) is 0 Å². The lowest BCUT2D eigenvalue weighted by Gasteiger charge is -2.15. The second-order valence-electron chi connectivity index (χ2n) is 3.14. The Balaban J connectivity index is 2.43. The normalized spacial score (nSPS) is 31.7. The van der Waals surface area contributed by atoms with E-state index in [2.05, 4.69) is 5.32 Å². The van der Waals surface area contributed by atoms with Gasteiger partial charge in [-0.25, -0.2) is 4.79 Å². The minimum atomic E-state index is -0.595. The molecule has 1 saturated heterocycles. The lowest BCUT2D eigenvalue weighted by Crippen LogP contribution is -2.38. The summed E-state index contributed by atoms with van der Waals surface area (Å²) in [4.78, 5) is 10.6. The maximum Gasteiger partial charge on any atom is 0.314 e. The van der Waals surface area contributed by atoms with Gasteiger partial charge in [0.25, 0.3) is 0 Å². The molecule has 0 spiro atoms. The first-order chi connectivity index (χ1) is 6.67. The van der Waals surface area contributed by atoms with Gasteiger partial charge in [0, 0.05) is 20.6 Å². The van der Waals surface area contributed by atoms with Crippen molar-refractivity contribution in [2.24, 2.45) is 5.73 Å². The molecule has 2 amide bonds. The Bertz CT molecular complexity index is 200. The van der Waals surface area contributed by atoms with Gasteiger partial charge in [-0.05, 0) is 0 Å². The van der Waals surface area contributed by atoms with Crippen LogP contribution in [0.2, 0.25) is 0 Å². The molecule has 1 heterocycles. The molecule has 3 N–H and O–H groups in total. The number of hydrogen-bond acceptors (Lipinski definition) is 4. The quantitative estimate of drug-likeness (QED) is 0.642. The molecule has 3 atom stereocenters. The third kappa shape index (κ3) is 2.83. The lowest BCUT2D eigenvalue weighted by molar-refractivity contribution is -0.0474. The molecule has 0 bridgehead atoms. The fourth-order valence-corrected chi connectivity index (χ4v) is 1.53. The highest BCUT2D eigenvalue weighted by atomic mass is 16.6. The van der Waals surface area contributed by atoms with Gasteiger partial charge < -0.3 is 25.3 Å². The molecule has 6 heteroatoms. The van der Waals surface area contributed by atoms with Crippen LogP contribution in [0.15, 0.2) is 0 Å². The minimum Gasteiger partial charge on any atom is -0.382 e. The van der Waals surface area contributed by atoms with Crippen LogP contribution in [-0.4, -0.2) is 45.3 Å². The number of nitrogens with two attached hydrogens (primary N) is 1. The molecule has 6 nitrogen and oxygen atoms in total. The van der Waals surface area contributed by atoms with Crippen LogP contribution in [0, 0.1) is 0 Å². The topological polar surface area (TPSA) is 82.8 Å². The molecule has 1 aliphatic heterocycles. The summed E-state index contributed by atoms with van der Waals surface area (Å²) in [6.07, 6.45) is -0.000694. The zero-order valence-corrected chi connectivity index (χ0v) is 8.36. The van der Waals surface area contributed by atoms with Gasteiger partial charge in [-0.3, -0.25) is 0 Å². The van der Waals surface area contributed by atoms with Crippen LogP contribution in [0.1, 0.15) is 6.42 Å². The third-order valence-electron chi connectivity index (χ3n) is 2.14. The van der Waals surface area contributed by atoms with E-state index in [1.807, 2.05) is 0 Å². The Kier molecular flexibility index (Phi) is 4.12. The minimum absolute atomic E-state index is 0.0631. The predicted molar refractivity (Wildman–Crippen MR) is 48.7 cm³/mol. The predicted octanol–water partition coefficient (Wildman–Crippen LogP) is -0.569. The summed E-state index contributed by atoms with van der Waals surface area (Å²) in [6.45, 7) is 0.440. The van der Waals surface area contributed by atoms with E-state index in [4.69, 9.17) is 19.9 Å². The number of nitrogens with one attached hydrogen (secondary N) is 1. The van der Waals surface area contributed by atoms with Gasteiger partial charge in [0.05, 0.1) is 12.7 Å². The number of methoxy groups -OCH3 is 2. The maximum absolute atomic E-state index is 10.6. The van der Waals surface area contributed by atoms with E-state index >= 15 is 0 Å². The Morgan fingerprint density at radius 1 is 1.64 bits per heavy atom. The maximum atomic E-state index is 10.6. The van der Waals surface area contributed by atoms with Crippen molar-refractivity contribution in [3.63, 3.8) is 0 Å². The molecular weight excluding hydrogens is 188 g/mol. The van der Waals surface area contributed by atoms with Gasteiger partial charge >= 0.3 is 6.03 Å². The monoisotopic (exact) mass is 204 g/mol. The molecule has 1 aliphatic rings. The van der Waals surface area contributed by atoms with Gasteiger partial charge in [-0.15, -0.1) is 0 Å². The van der Waals surface area contributed by atoms with E-state index in [1.54, 1.807) is 14.2 Å². The average Bonchev–Trinajstić information content (AvgIpc) is 2.47. The SMILES string of the molecule is COCC1OC(NC(N)=O)CC1OC. The molecule has 82 valence electrons. The van der Waals surface area contributed by atoms with Crippen LogP contribution in [0.25, 0.3) is 0 Å². The van der Waals surface area contributed by atoms with Crippen molar-refractivity contribution >= 4 is 6.03 Å². The molecular formula is C8H16N2O4. The first kappa shape index (κ1) is 11.2. The highest BCUT2D eigenvalue weighted by Gasteiger charge is 2.35. The second kappa shape index (κ2) is 5.14. The van der Waals surface area contributed by atoms with Crippen molar-refractivity contribution in [2.75, 3.05) is 20.8 Å². The number of amides is 2. The molecule has 3 unspecified atom stereocenters. The highest BCUT2D eigenvalue weighted by molar-refractivity contribution is 5.71. The molecule has 0 aromatic rings. The van der Waals surface area contributed by atoms with Gasteiger partial charge in [0.1, 0.15) is 12.3 Å². The smallest absolute Gasteiger partial charge is 0.314 e. The number of ether oxygens (including phenoxy) is 3. The zero-order chi connectivity index (χ0) is 10.6. The van der Waals surface area contributed by atoms with Crippen LogP contribution in [-0.2, 0) is 14.2 Å². The molecule has 14 heavy (non-hydrogen) atoms. The van der Waals surface area contributed by atoms with E-state index in [-0.39, 0.29) is 18.4 Å². The van der Waals surface area contributed by atoms with Crippen molar-refractivity contribution in [1.29, 1.82) is 0 Å². The summed E-state index contributed by atoms with van der Waals surface area (Å²) in [5, 5.41) is 2.48. The van der Waals surface area contributed by atoms with E-state index in [9.17, 15) is 4.79 Å². The number of carbonyl (C=O) groups is 1. The standard InChI is InChI=1S/C8H16N2O4/c1-12-4-6-5(13-2)3-7(14-6)10-8(9)11/h5-7H,3-4H2,1-2H3,(H3,9,10,11). The third-order valence-corrected chi connectivity index (χ3v) is 2.14. The molecule has 0 aromatic carbocycles. The van der Waals surface area contributed by atoms with E-state index in [0.717, 1.165) is 0 Å². The van der Waals surface area contributed by atoms with E-state index in [1.165, 1.54) is 0 Å². The zero-order valence-electron chi connectivity index (χ0n) is 8.36. The largest absolute Gasteiger partial charge is 0.382 e. The summed E-state index contributed by atoms with van der Waals surface area (Å²) in [6, 6.07) is -0.595. The van der Waals surface area contributed by atoms with Crippen LogP contribution >= 0.6 is 0 Å². The van der Waals surface area contributed by atoms with Crippen molar-refractivity contribution in [2.45, 2.75) is 24.9 Å². The lowest BCUT2D eigenvalue weighted by atomic mass is 10.2. The fraction of sp³-hybridized carbons (Fsp3) is 0.875. The summed E-state index contributed by atoms with van der Waals surface area (Å²) in [7, 11) is 3.19. The molecule has 0 saturated carbocycles. The number of rotatable bonds is 4. The molecule has 1 rings (SSSR count).